The van der Waals surface area contributed by atoms with Gasteiger partial charge in [-0.05, 0) is 244 Å². The summed E-state index contributed by atoms with van der Waals surface area (Å²) in [4.78, 5) is 145. The highest BCUT2D eigenvalue weighted by Crippen LogP contribution is 2.40. The van der Waals surface area contributed by atoms with Crippen LogP contribution in [0.1, 0.15) is 170 Å². The molecule has 2 aliphatic heterocycles. The number of esters is 6. The summed E-state index contributed by atoms with van der Waals surface area (Å²) in [5, 5.41) is 1.04. The quantitative estimate of drug-likeness (QED) is 0.0155. The van der Waals surface area contributed by atoms with E-state index < -0.39 is 99.6 Å². The lowest BCUT2D eigenvalue weighted by Crippen LogP contribution is -2.35. The summed E-state index contributed by atoms with van der Waals surface area (Å²) < 4.78 is 149. The predicted molar refractivity (Wildman–Crippen MR) is 483 cm³/mol. The van der Waals surface area contributed by atoms with Gasteiger partial charge in [0.1, 0.15) is 29.2 Å². The lowest BCUT2D eigenvalue weighted by atomic mass is 10.1. The van der Waals surface area contributed by atoms with Gasteiger partial charge in [-0.2, -0.15) is 0 Å². The summed E-state index contributed by atoms with van der Waals surface area (Å²) >= 11 is 0. The fraction of sp³-hybridized carbons (Fsp3) is 0.533. The van der Waals surface area contributed by atoms with Crippen LogP contribution in [0.3, 0.4) is 0 Å². The molecule has 8 bridgehead atoms. The number of ether oxygens (including phenoxy) is 6. The van der Waals surface area contributed by atoms with Crippen LogP contribution in [0, 0.1) is 0 Å². The Labute approximate surface area is 748 Å². The van der Waals surface area contributed by atoms with Crippen LogP contribution >= 0.6 is 0 Å². The second-order valence-electron chi connectivity index (χ2n) is 32.6. The van der Waals surface area contributed by atoms with E-state index in [9.17, 15) is 72.0 Å². The van der Waals surface area contributed by atoms with Crippen LogP contribution in [0.5, 0.6) is 0 Å². The van der Waals surface area contributed by atoms with Crippen LogP contribution < -0.4 is 0 Å². The van der Waals surface area contributed by atoms with Crippen LogP contribution in [0.15, 0.2) is 105 Å². The molecule has 0 amide bonds. The van der Waals surface area contributed by atoms with Crippen molar-refractivity contribution in [2.75, 3.05) is 117 Å². The van der Waals surface area contributed by atoms with Crippen molar-refractivity contribution >= 4 is 131 Å². The van der Waals surface area contributed by atoms with E-state index in [1.165, 1.54) is 99.8 Å². The molecule has 34 nitrogen and oxygen atoms in total. The van der Waals surface area contributed by atoms with Crippen LogP contribution in [0.25, 0.3) is 89.7 Å². The molecule has 0 aliphatic carbocycles. The number of methoxy groups -OCH3 is 1. The lowest BCUT2D eigenvalue weighted by Gasteiger charge is -2.19. The zero-order valence-corrected chi connectivity index (χ0v) is 78.2. The Hall–Kier alpha value is -10.2. The third-order valence-corrected chi connectivity index (χ3v) is 29.1. The number of H-pyrrole nitrogens is 2. The monoisotopic (exact) mass is 1850 g/mol. The molecule has 4 unspecified atom stereocenters. The number of ketones is 2. The highest BCUT2D eigenvalue weighted by molar-refractivity contribution is 7.92. The first-order valence-electron chi connectivity index (χ1n) is 43.6. The summed E-state index contributed by atoms with van der Waals surface area (Å²) in [6.45, 7) is 14.6. The fourth-order valence-corrected chi connectivity index (χ4v) is 20.3. The molecule has 9 rings (SSSR count). The summed E-state index contributed by atoms with van der Waals surface area (Å²) in [7, 11) is -8.54. The second kappa shape index (κ2) is 47.4. The molecule has 7 aromatic rings. The molecule has 4 aromatic carbocycles. The largest absolute Gasteiger partial charge is 0.466 e. The molecular formula is C90H120N12O22S4. The number of aromatic nitrogens is 8. The minimum Gasteiger partial charge on any atom is -0.466 e. The van der Waals surface area contributed by atoms with E-state index in [0.717, 1.165) is 25.7 Å². The van der Waals surface area contributed by atoms with Gasteiger partial charge in [-0.3, -0.25) is 48.4 Å². The highest BCUT2D eigenvalue weighted by Gasteiger charge is 2.32. The third kappa shape index (κ3) is 28.4. The van der Waals surface area contributed by atoms with Gasteiger partial charge >= 0.3 is 35.8 Å². The number of Topliss-reactive ketones (excluding diaryl/α,β-unsaturated/α-hetero) is 2. The molecule has 0 saturated carbocycles. The molecule has 2 N–H and O–H groups in total. The summed E-state index contributed by atoms with van der Waals surface area (Å²) in [5.41, 5.74) is 1.06. The van der Waals surface area contributed by atoms with Gasteiger partial charge in [0.2, 0.25) is 0 Å². The molecule has 38 heteroatoms. The van der Waals surface area contributed by atoms with Crippen LogP contribution in [-0.2, 0) is 106 Å². The zero-order valence-electron chi connectivity index (χ0n) is 74.9. The Morgan fingerprint density at radius 3 is 0.953 bits per heavy atom. The average Bonchev–Trinajstić information content (AvgIpc) is 1.60. The van der Waals surface area contributed by atoms with E-state index in [4.69, 9.17) is 58.3 Å². The molecular weight excluding hydrogens is 1730 g/mol. The maximum atomic E-state index is 14.7. The van der Waals surface area contributed by atoms with Crippen molar-refractivity contribution in [1.29, 1.82) is 0 Å². The van der Waals surface area contributed by atoms with E-state index in [-0.39, 0.29) is 211 Å². The number of likely N-dealkylation sites (N-methyl/N-ethyl adjacent to an activating group) is 4. The van der Waals surface area contributed by atoms with E-state index in [0.29, 0.717) is 94.5 Å². The average molecular weight is 1850 g/mol. The number of rotatable bonds is 54. The molecule has 128 heavy (non-hydrogen) atoms. The highest BCUT2D eigenvalue weighted by atomic mass is 32.2. The van der Waals surface area contributed by atoms with E-state index in [1.807, 2.05) is 27.7 Å². The summed E-state index contributed by atoms with van der Waals surface area (Å²) in [5.74, 6) is -5.89. The van der Waals surface area contributed by atoms with Gasteiger partial charge in [-0.1, -0.05) is 66.0 Å². The number of sulfone groups is 4. The Morgan fingerprint density at radius 2 is 0.648 bits per heavy atom. The van der Waals surface area contributed by atoms with Crippen molar-refractivity contribution in [3.05, 3.63) is 85.5 Å². The molecule has 3 aromatic heterocycles. The normalized spacial score (nSPS) is 13.3. The third-order valence-electron chi connectivity index (χ3n) is 21.9. The number of carbonyl (C=O) groups excluding carboxylic acids is 8. The topological polar surface area (TPSA) is 450 Å². The van der Waals surface area contributed by atoms with Gasteiger partial charge in [-0.25, -0.2) is 73.2 Å². The van der Waals surface area contributed by atoms with Crippen molar-refractivity contribution in [2.45, 2.75) is 214 Å². The second-order valence-corrected chi connectivity index (χ2v) is 41.1. The smallest absolute Gasteiger partial charge is 0.347 e. The maximum absolute atomic E-state index is 14.7. The molecule has 0 fully saturated rings. The van der Waals surface area contributed by atoms with Crippen LogP contribution in [0.4, 0.5) is 0 Å². The first-order chi connectivity index (χ1) is 60.9. The minimum absolute atomic E-state index is 0.00241. The Balaban J connectivity index is 1.12. The molecule has 2 aliphatic rings. The first kappa shape index (κ1) is 102. The van der Waals surface area contributed by atoms with Gasteiger partial charge in [0, 0.05) is 43.8 Å². The Morgan fingerprint density at radius 1 is 0.367 bits per heavy atom. The van der Waals surface area contributed by atoms with Crippen molar-refractivity contribution in [2.24, 2.45) is 0 Å². The van der Waals surface area contributed by atoms with Crippen molar-refractivity contribution < 1.29 is 100 Å². The Bertz CT molecular complexity index is 5800. The maximum Gasteiger partial charge on any atom is 0.347 e. The molecule has 4 atom stereocenters. The Kier molecular flexibility index (Phi) is 37.6. The van der Waals surface area contributed by atoms with Gasteiger partial charge < -0.3 is 38.4 Å². The number of fused-ring (bicyclic) bond motifs is 20. The lowest BCUT2D eigenvalue weighted by molar-refractivity contribution is -0.168. The first-order valence-corrected chi connectivity index (χ1v) is 50.2. The number of aromatic amines is 2. The number of benzene rings is 4. The predicted octanol–water partition coefficient (Wildman–Crippen LogP) is 11.3. The molecule has 696 valence electrons. The number of unbranched alkanes of at least 4 members (excludes halogenated alkanes) is 8. The van der Waals surface area contributed by atoms with Gasteiger partial charge in [0.25, 0.3) is 0 Å². The molecule has 0 saturated heterocycles. The molecule has 5 heterocycles. The molecule has 0 radical (unpaired) electrons. The summed E-state index contributed by atoms with van der Waals surface area (Å²) in [6.07, 6.45) is 6.61. The van der Waals surface area contributed by atoms with E-state index in [1.54, 1.807) is 47.8 Å². The van der Waals surface area contributed by atoms with Crippen LogP contribution in [0.2, 0.25) is 0 Å². The number of hydrogen-bond acceptors (Lipinski definition) is 32. The van der Waals surface area contributed by atoms with E-state index >= 15 is 0 Å². The standard InChI is InChI=1S/C90H120N12O22S4/c1-13-18-30-73(59(6)103)121-77(105)55-99(8)42-22-26-47-125(111,112)61-34-38-65-69(51-61)85-93-81(65)91-83-67-40-36-63(127(115,116)49-28-24-44-101(10)57-79(107)123-75(32-20-15-3)89(109)119-12)53-71(67)87(95-83)98-88-72-54-64(128(117,118)50-29-25-45-102(11)58-80(108)124-76(33-21-16-4)90(110)120-46-17-5)37-41-68(72)84(96-88)92-82-66-39-35-62(52-70(66)86(94-82)97-85)126(113,114)48-27-23-43-100(9)56-78(106)122-74(60(7)104)31-19-14-2/h17,34-41,51-54,73-76H,5,13-16,18-33,42-50,55-58H2,1-4,6-12H3,(H2,91,92,93,94,95,96,97,98). The SMILES string of the molecule is C=CCOC(=O)C(CCCC)OC(=O)CN(C)CCCCS(=O)(=O)c1ccc2c3nc4nc(nc5[nH]c(nc6nc(nc([nH]3)c2c1)-c1cc(S(=O)(=O)CCCCN(C)CC(=O)OC(CCCC)C(=O)OC)ccc1-6)c1ccc(S(=O)(=O)CCCCN(C)CC(=O)OC(CCCC)C(C)=O)cc51)-c1cc(S(=O)(=O)CCCCN(C)CC(=O)OC(CCCC)C(C)=O)ccc1-4. The summed E-state index contributed by atoms with van der Waals surface area (Å²) in [6, 6.07) is 17.4. The molecule has 0 spiro atoms. The van der Waals surface area contributed by atoms with Gasteiger partial charge in [0.15, 0.2) is 98.6 Å². The minimum atomic E-state index is -4.13. The van der Waals surface area contributed by atoms with Crippen molar-refractivity contribution in [1.82, 2.24) is 59.5 Å². The number of hydrogen-bond donors (Lipinski definition) is 2. The van der Waals surface area contributed by atoms with Gasteiger partial charge in [0.05, 0.1) is 75.9 Å². The van der Waals surface area contributed by atoms with Crippen molar-refractivity contribution in [3.8, 4) is 45.6 Å². The van der Waals surface area contributed by atoms with Crippen LogP contribution in [-0.4, -0.2) is 282 Å². The zero-order chi connectivity index (χ0) is 93.2. The fourth-order valence-electron chi connectivity index (χ4n) is 14.7. The number of carbonyl (C=O) groups is 8. The van der Waals surface area contributed by atoms with E-state index in [2.05, 4.69) is 16.5 Å². The van der Waals surface area contributed by atoms with Crippen molar-refractivity contribution in [3.63, 3.8) is 0 Å². The number of nitrogens with zero attached hydrogens (tertiary/aromatic N) is 10. The van der Waals surface area contributed by atoms with Gasteiger partial charge in [-0.15, -0.1) is 0 Å². The number of nitrogens with one attached hydrogen (secondary N) is 2.